The van der Waals surface area contributed by atoms with Crippen molar-refractivity contribution in [2.24, 2.45) is 11.7 Å². The van der Waals surface area contributed by atoms with Gasteiger partial charge < -0.3 is 16.0 Å². The van der Waals surface area contributed by atoms with E-state index in [1.54, 1.807) is 0 Å². The standard InChI is InChI=1S/C25H28F3N3O2/c26-20-13-22(28)21(27)11-16(20)12-23(29)17-9-18-6-7-19(10-17)31(18)25(33)14-30-24(32)8-15-4-2-1-3-5-15/h1-5,11,13,17-19,23H,6-10,12,14,29H2,(H,30,32)/t18-,19-,23-/m1/s1. The van der Waals surface area contributed by atoms with Crippen LogP contribution in [0.2, 0.25) is 0 Å². The predicted molar refractivity (Wildman–Crippen MR) is 118 cm³/mol. The second-order valence-corrected chi connectivity index (χ2v) is 9.08. The quantitative estimate of drug-likeness (QED) is 0.625. The third-order valence-corrected chi connectivity index (χ3v) is 6.85. The normalized spacial score (nSPS) is 22.8. The van der Waals surface area contributed by atoms with Gasteiger partial charge in [-0.1, -0.05) is 30.3 Å². The maximum atomic E-state index is 14.0. The number of carbonyl (C=O) groups excluding carboxylic acids is 2. The molecule has 2 aliphatic heterocycles. The highest BCUT2D eigenvalue weighted by Gasteiger charge is 2.44. The van der Waals surface area contributed by atoms with E-state index in [1.165, 1.54) is 0 Å². The average Bonchev–Trinajstić information content (AvgIpc) is 3.05. The molecule has 5 nitrogen and oxygen atoms in total. The van der Waals surface area contributed by atoms with E-state index in [2.05, 4.69) is 5.32 Å². The van der Waals surface area contributed by atoms with Crippen LogP contribution in [0.15, 0.2) is 42.5 Å². The summed E-state index contributed by atoms with van der Waals surface area (Å²) in [6.45, 7) is -0.0462. The number of carbonyl (C=O) groups is 2. The minimum absolute atomic E-state index is 0.0214. The molecule has 2 bridgehead atoms. The number of piperidine rings is 1. The van der Waals surface area contributed by atoms with Crippen molar-refractivity contribution < 1.29 is 22.8 Å². The van der Waals surface area contributed by atoms with Gasteiger partial charge in [-0.05, 0) is 55.2 Å². The zero-order valence-corrected chi connectivity index (χ0v) is 18.3. The second kappa shape index (κ2) is 9.95. The first kappa shape index (κ1) is 23.3. The van der Waals surface area contributed by atoms with Gasteiger partial charge in [-0.2, -0.15) is 0 Å². The Balaban J connectivity index is 1.31. The zero-order valence-electron chi connectivity index (χ0n) is 18.3. The third-order valence-electron chi connectivity index (χ3n) is 6.85. The van der Waals surface area contributed by atoms with Crippen molar-refractivity contribution in [2.75, 3.05) is 6.54 Å². The van der Waals surface area contributed by atoms with E-state index in [0.717, 1.165) is 24.5 Å². The van der Waals surface area contributed by atoms with E-state index in [4.69, 9.17) is 5.73 Å². The van der Waals surface area contributed by atoms with Gasteiger partial charge in [0.15, 0.2) is 11.6 Å². The number of hydrogen-bond acceptors (Lipinski definition) is 3. The van der Waals surface area contributed by atoms with E-state index >= 15 is 0 Å². The molecule has 0 unspecified atom stereocenters. The van der Waals surface area contributed by atoms with Crippen LogP contribution < -0.4 is 11.1 Å². The molecule has 176 valence electrons. The van der Waals surface area contributed by atoms with Gasteiger partial charge in [-0.3, -0.25) is 9.59 Å². The first-order chi connectivity index (χ1) is 15.8. The molecule has 0 aliphatic carbocycles. The Morgan fingerprint density at radius 1 is 1.00 bits per heavy atom. The number of hydrogen-bond donors (Lipinski definition) is 2. The van der Waals surface area contributed by atoms with Crippen LogP contribution >= 0.6 is 0 Å². The summed E-state index contributed by atoms with van der Waals surface area (Å²) in [7, 11) is 0. The first-order valence-corrected chi connectivity index (χ1v) is 11.3. The van der Waals surface area contributed by atoms with Crippen molar-refractivity contribution in [1.82, 2.24) is 10.2 Å². The van der Waals surface area contributed by atoms with E-state index in [9.17, 15) is 22.8 Å². The van der Waals surface area contributed by atoms with Gasteiger partial charge in [-0.15, -0.1) is 0 Å². The summed E-state index contributed by atoms with van der Waals surface area (Å²) in [4.78, 5) is 26.9. The van der Waals surface area contributed by atoms with Crippen molar-refractivity contribution in [2.45, 2.75) is 56.7 Å². The van der Waals surface area contributed by atoms with Crippen molar-refractivity contribution in [3.63, 3.8) is 0 Å². The lowest BCUT2D eigenvalue weighted by Crippen LogP contribution is -2.52. The van der Waals surface area contributed by atoms with Gasteiger partial charge >= 0.3 is 0 Å². The number of nitrogens with zero attached hydrogens (tertiary/aromatic N) is 1. The third kappa shape index (κ3) is 5.38. The Morgan fingerprint density at radius 2 is 1.64 bits per heavy atom. The molecule has 0 aromatic heterocycles. The fourth-order valence-electron chi connectivity index (χ4n) is 5.23. The summed E-state index contributed by atoms with van der Waals surface area (Å²) >= 11 is 0. The van der Waals surface area contributed by atoms with Gasteiger partial charge in [0.2, 0.25) is 11.8 Å². The highest BCUT2D eigenvalue weighted by atomic mass is 19.2. The number of fused-ring (bicyclic) bond motifs is 2. The Morgan fingerprint density at radius 3 is 2.30 bits per heavy atom. The van der Waals surface area contributed by atoms with E-state index < -0.39 is 23.5 Å². The molecule has 2 heterocycles. The Bertz CT molecular complexity index is 1000. The summed E-state index contributed by atoms with van der Waals surface area (Å²) in [6, 6.07) is 10.4. The van der Waals surface area contributed by atoms with Crippen molar-refractivity contribution >= 4 is 11.8 Å². The average molecular weight is 460 g/mol. The molecular formula is C25H28F3N3O2. The maximum Gasteiger partial charge on any atom is 0.242 e. The monoisotopic (exact) mass is 459 g/mol. The lowest BCUT2D eigenvalue weighted by molar-refractivity contribution is -0.137. The molecule has 2 aromatic carbocycles. The Labute approximate surface area is 191 Å². The number of amides is 2. The molecule has 33 heavy (non-hydrogen) atoms. The molecular weight excluding hydrogens is 431 g/mol. The van der Waals surface area contributed by atoms with Crippen LogP contribution in [0.5, 0.6) is 0 Å². The predicted octanol–water partition coefficient (Wildman–Crippen LogP) is 3.10. The van der Waals surface area contributed by atoms with Crippen LogP contribution in [0, 0.1) is 23.4 Å². The van der Waals surface area contributed by atoms with Crippen molar-refractivity contribution in [1.29, 1.82) is 0 Å². The molecule has 0 spiro atoms. The molecule has 2 aliphatic rings. The number of rotatable bonds is 7. The zero-order chi connectivity index (χ0) is 23.5. The highest BCUT2D eigenvalue weighted by Crippen LogP contribution is 2.40. The lowest BCUT2D eigenvalue weighted by atomic mass is 9.82. The Kier molecular flexibility index (Phi) is 7.02. The largest absolute Gasteiger partial charge is 0.347 e. The van der Waals surface area contributed by atoms with Gasteiger partial charge in [0.25, 0.3) is 0 Å². The smallest absolute Gasteiger partial charge is 0.242 e. The highest BCUT2D eigenvalue weighted by molar-refractivity contribution is 5.86. The van der Waals surface area contributed by atoms with Crippen LogP contribution in [0.1, 0.15) is 36.8 Å². The van der Waals surface area contributed by atoms with Crippen molar-refractivity contribution in [3.8, 4) is 0 Å². The molecule has 3 atom stereocenters. The van der Waals surface area contributed by atoms with Gasteiger partial charge in [0, 0.05) is 24.2 Å². The minimum Gasteiger partial charge on any atom is -0.347 e. The molecule has 2 aromatic rings. The number of halogens is 3. The topological polar surface area (TPSA) is 75.4 Å². The summed E-state index contributed by atoms with van der Waals surface area (Å²) < 4.78 is 40.7. The fourth-order valence-corrected chi connectivity index (χ4v) is 5.23. The molecule has 8 heteroatoms. The minimum atomic E-state index is -1.22. The lowest BCUT2D eigenvalue weighted by Gasteiger charge is -2.41. The summed E-state index contributed by atoms with van der Waals surface area (Å²) in [5.41, 5.74) is 7.29. The second-order valence-electron chi connectivity index (χ2n) is 9.08. The molecule has 2 amide bonds. The molecule has 4 rings (SSSR count). The first-order valence-electron chi connectivity index (χ1n) is 11.3. The van der Waals surface area contributed by atoms with Crippen molar-refractivity contribution in [3.05, 3.63) is 71.0 Å². The SMILES string of the molecule is N[C@H](Cc1cc(F)c(F)cc1F)C1C[C@H]2CC[C@H](C1)N2C(=O)CNC(=O)Cc1ccccc1. The number of benzene rings is 2. The van der Waals surface area contributed by atoms with E-state index in [-0.39, 0.29) is 54.8 Å². The molecule has 0 radical (unpaired) electrons. The molecule has 2 fully saturated rings. The van der Waals surface area contributed by atoms with Gasteiger partial charge in [0.1, 0.15) is 5.82 Å². The molecule has 2 saturated heterocycles. The number of nitrogens with one attached hydrogen (secondary N) is 1. The van der Waals surface area contributed by atoms with Gasteiger partial charge in [-0.25, -0.2) is 13.2 Å². The molecule has 0 saturated carbocycles. The summed E-state index contributed by atoms with van der Waals surface area (Å²) in [5.74, 6) is -3.37. The van der Waals surface area contributed by atoms with Crippen LogP contribution in [-0.4, -0.2) is 41.4 Å². The summed E-state index contributed by atoms with van der Waals surface area (Å²) in [6.07, 6.45) is 3.39. The van der Waals surface area contributed by atoms with E-state index in [1.807, 2.05) is 35.2 Å². The van der Waals surface area contributed by atoms with E-state index in [0.29, 0.717) is 18.9 Å². The van der Waals surface area contributed by atoms with Crippen LogP contribution in [0.4, 0.5) is 13.2 Å². The number of nitrogens with two attached hydrogens (primary N) is 1. The van der Waals surface area contributed by atoms with Gasteiger partial charge in [0.05, 0.1) is 13.0 Å². The fraction of sp³-hybridized carbons (Fsp3) is 0.440. The van der Waals surface area contributed by atoms with Crippen LogP contribution in [-0.2, 0) is 22.4 Å². The van der Waals surface area contributed by atoms with Crippen LogP contribution in [0.25, 0.3) is 0 Å². The summed E-state index contributed by atoms with van der Waals surface area (Å²) in [5, 5.41) is 2.72. The molecule has 3 N–H and O–H groups in total. The maximum absolute atomic E-state index is 14.0. The Hall–Kier alpha value is -2.87. The van der Waals surface area contributed by atoms with Crippen LogP contribution in [0.3, 0.4) is 0 Å².